The summed E-state index contributed by atoms with van der Waals surface area (Å²) in [4.78, 5) is 11.8. The van der Waals surface area contributed by atoms with Gasteiger partial charge in [0, 0.05) is 25.2 Å². The van der Waals surface area contributed by atoms with Gasteiger partial charge in [0.25, 0.3) is 0 Å². The molecule has 0 amide bonds. The first kappa shape index (κ1) is 17.2. The molecule has 2 aliphatic rings. The Hall–Kier alpha value is -1.58. The molecule has 24 heavy (non-hydrogen) atoms. The number of allylic oxidation sites excluding steroid dienone is 1. The van der Waals surface area contributed by atoms with Crippen LogP contribution in [-0.2, 0) is 0 Å². The van der Waals surface area contributed by atoms with Crippen molar-refractivity contribution < 1.29 is 0 Å². The maximum absolute atomic E-state index is 4.72. The fraction of sp³-hybridized carbons (Fsp3) is 0.700. The lowest BCUT2D eigenvalue weighted by Crippen LogP contribution is -2.39. The summed E-state index contributed by atoms with van der Waals surface area (Å²) in [6.45, 7) is 6.39. The summed E-state index contributed by atoms with van der Waals surface area (Å²) in [5, 5.41) is 3.53. The van der Waals surface area contributed by atoms with Gasteiger partial charge in [0.1, 0.15) is 17.5 Å². The van der Waals surface area contributed by atoms with Crippen molar-refractivity contribution in [2.24, 2.45) is 0 Å². The highest BCUT2D eigenvalue weighted by molar-refractivity contribution is 5.50. The van der Waals surface area contributed by atoms with E-state index in [-0.39, 0.29) is 0 Å². The minimum Gasteiger partial charge on any atom is -0.370 e. The molecule has 132 valence electrons. The minimum absolute atomic E-state index is 0.633. The molecule has 2 heterocycles. The third-order valence-electron chi connectivity index (χ3n) is 5.35. The molecule has 4 nitrogen and oxygen atoms in total. The molecule has 0 aromatic carbocycles. The van der Waals surface area contributed by atoms with E-state index < -0.39 is 0 Å². The van der Waals surface area contributed by atoms with Crippen LogP contribution in [0.1, 0.15) is 70.5 Å². The van der Waals surface area contributed by atoms with Crippen molar-refractivity contribution >= 4 is 11.6 Å². The average Bonchev–Trinajstić information content (AvgIpc) is 2.62. The Morgan fingerprint density at radius 1 is 1.21 bits per heavy atom. The smallest absolute Gasteiger partial charge is 0.134 e. The highest BCUT2D eigenvalue weighted by atomic mass is 15.2. The standard InChI is InChI=1S/C20H32N4/c1-3-18-11-7-8-14-24(18)20-15-19(22-16(2)23-20)21-13-12-17-9-5-4-6-10-17/h9,15,18H,3-8,10-14H2,1-2H3,(H,21,22,23). The second-order valence-corrected chi connectivity index (χ2v) is 7.19. The lowest BCUT2D eigenvalue weighted by atomic mass is 9.97. The van der Waals surface area contributed by atoms with Crippen molar-refractivity contribution in [3.05, 3.63) is 23.5 Å². The summed E-state index contributed by atoms with van der Waals surface area (Å²) < 4.78 is 0. The van der Waals surface area contributed by atoms with E-state index in [2.05, 4.69) is 34.3 Å². The van der Waals surface area contributed by atoms with Gasteiger partial charge in [-0.15, -0.1) is 0 Å². The number of aromatic nitrogens is 2. The molecule has 1 aromatic heterocycles. The van der Waals surface area contributed by atoms with E-state index in [1.165, 1.54) is 51.4 Å². The molecule has 1 unspecified atom stereocenters. The van der Waals surface area contributed by atoms with Crippen molar-refractivity contribution in [1.82, 2.24) is 9.97 Å². The quantitative estimate of drug-likeness (QED) is 0.757. The molecule has 0 radical (unpaired) electrons. The number of aryl methyl sites for hydroxylation is 1. The van der Waals surface area contributed by atoms with Crippen molar-refractivity contribution in [2.45, 2.75) is 77.7 Å². The fourth-order valence-corrected chi connectivity index (χ4v) is 4.00. The molecule has 1 saturated heterocycles. The third kappa shape index (κ3) is 4.49. The van der Waals surface area contributed by atoms with Crippen molar-refractivity contribution in [2.75, 3.05) is 23.3 Å². The van der Waals surface area contributed by atoms with Crippen molar-refractivity contribution in [3.63, 3.8) is 0 Å². The Balaban J connectivity index is 1.63. The molecule has 1 aromatic rings. The van der Waals surface area contributed by atoms with E-state index in [0.717, 1.165) is 37.0 Å². The topological polar surface area (TPSA) is 41.0 Å². The maximum Gasteiger partial charge on any atom is 0.134 e. The summed E-state index contributed by atoms with van der Waals surface area (Å²) in [6, 6.07) is 2.78. The van der Waals surface area contributed by atoms with E-state index in [9.17, 15) is 0 Å². The molecule has 4 heteroatoms. The average molecular weight is 329 g/mol. The maximum atomic E-state index is 4.72. The molecular weight excluding hydrogens is 296 g/mol. The zero-order chi connectivity index (χ0) is 16.8. The number of piperidine rings is 1. The molecule has 1 aliphatic heterocycles. The molecular formula is C20H32N4. The number of hydrogen-bond acceptors (Lipinski definition) is 4. The van der Waals surface area contributed by atoms with Gasteiger partial charge in [0.15, 0.2) is 0 Å². The molecule has 1 atom stereocenters. The van der Waals surface area contributed by atoms with Crippen LogP contribution < -0.4 is 10.2 Å². The Labute approximate surface area is 146 Å². The van der Waals surface area contributed by atoms with Crippen LogP contribution in [0, 0.1) is 6.92 Å². The Morgan fingerprint density at radius 2 is 2.12 bits per heavy atom. The van der Waals surface area contributed by atoms with Crippen LogP contribution in [0.3, 0.4) is 0 Å². The van der Waals surface area contributed by atoms with E-state index in [1.54, 1.807) is 5.57 Å². The largest absolute Gasteiger partial charge is 0.370 e. The normalized spacial score (nSPS) is 21.5. The summed E-state index contributed by atoms with van der Waals surface area (Å²) in [7, 11) is 0. The lowest BCUT2D eigenvalue weighted by molar-refractivity contribution is 0.446. The summed E-state index contributed by atoms with van der Waals surface area (Å²) in [5.74, 6) is 2.95. The van der Waals surface area contributed by atoms with Gasteiger partial charge in [0.2, 0.25) is 0 Å². The highest BCUT2D eigenvalue weighted by Crippen LogP contribution is 2.26. The number of nitrogens with one attached hydrogen (secondary N) is 1. The first-order chi connectivity index (χ1) is 11.8. The molecule has 1 fully saturated rings. The van der Waals surface area contributed by atoms with Gasteiger partial charge in [-0.1, -0.05) is 18.6 Å². The fourth-order valence-electron chi connectivity index (χ4n) is 4.00. The number of rotatable bonds is 6. The zero-order valence-electron chi connectivity index (χ0n) is 15.4. The van der Waals surface area contributed by atoms with Crippen LogP contribution in [-0.4, -0.2) is 29.1 Å². The number of anilines is 2. The minimum atomic E-state index is 0.633. The second kappa shape index (κ2) is 8.50. The zero-order valence-corrected chi connectivity index (χ0v) is 15.4. The van der Waals surface area contributed by atoms with Crippen LogP contribution in [0.4, 0.5) is 11.6 Å². The molecule has 1 aliphatic carbocycles. The van der Waals surface area contributed by atoms with Gasteiger partial charge in [-0.25, -0.2) is 9.97 Å². The van der Waals surface area contributed by atoms with Crippen LogP contribution in [0.25, 0.3) is 0 Å². The van der Waals surface area contributed by atoms with E-state index >= 15 is 0 Å². The van der Waals surface area contributed by atoms with Gasteiger partial charge >= 0.3 is 0 Å². The Morgan fingerprint density at radius 3 is 2.92 bits per heavy atom. The monoisotopic (exact) mass is 328 g/mol. The second-order valence-electron chi connectivity index (χ2n) is 7.19. The molecule has 0 spiro atoms. The van der Waals surface area contributed by atoms with E-state index in [1.807, 2.05) is 6.92 Å². The van der Waals surface area contributed by atoms with E-state index in [0.29, 0.717) is 6.04 Å². The summed E-state index contributed by atoms with van der Waals surface area (Å²) >= 11 is 0. The predicted octanol–water partition coefficient (Wildman–Crippen LogP) is 4.86. The van der Waals surface area contributed by atoms with Gasteiger partial charge in [0.05, 0.1) is 0 Å². The van der Waals surface area contributed by atoms with E-state index in [4.69, 9.17) is 4.98 Å². The summed E-state index contributed by atoms with van der Waals surface area (Å²) in [6.07, 6.45) is 13.9. The molecule has 0 saturated carbocycles. The van der Waals surface area contributed by atoms with Crippen LogP contribution >= 0.6 is 0 Å². The molecule has 3 rings (SSSR count). The van der Waals surface area contributed by atoms with Crippen LogP contribution in [0.5, 0.6) is 0 Å². The van der Waals surface area contributed by atoms with Gasteiger partial charge in [-0.2, -0.15) is 0 Å². The highest BCUT2D eigenvalue weighted by Gasteiger charge is 2.22. The van der Waals surface area contributed by atoms with Gasteiger partial charge in [-0.05, 0) is 64.7 Å². The molecule has 0 bridgehead atoms. The van der Waals surface area contributed by atoms with Crippen molar-refractivity contribution in [1.29, 1.82) is 0 Å². The van der Waals surface area contributed by atoms with Crippen molar-refractivity contribution in [3.8, 4) is 0 Å². The van der Waals surface area contributed by atoms with Crippen LogP contribution in [0.15, 0.2) is 17.7 Å². The SMILES string of the molecule is CCC1CCCCN1c1cc(NCCC2=CCCCC2)nc(C)n1. The third-order valence-corrected chi connectivity index (χ3v) is 5.35. The van der Waals surface area contributed by atoms with Gasteiger partial charge < -0.3 is 10.2 Å². The lowest BCUT2D eigenvalue weighted by Gasteiger charge is -2.36. The van der Waals surface area contributed by atoms with Gasteiger partial charge in [-0.3, -0.25) is 0 Å². The number of nitrogens with zero attached hydrogens (tertiary/aromatic N) is 3. The Bertz CT molecular complexity index is 567. The molecule has 1 N–H and O–H groups in total. The Kier molecular flexibility index (Phi) is 6.11. The van der Waals surface area contributed by atoms with Crippen LogP contribution in [0.2, 0.25) is 0 Å². The first-order valence-corrected chi connectivity index (χ1v) is 9.80. The summed E-state index contributed by atoms with van der Waals surface area (Å²) in [5.41, 5.74) is 1.61. The first-order valence-electron chi connectivity index (χ1n) is 9.80. The number of hydrogen-bond donors (Lipinski definition) is 1. The predicted molar refractivity (Wildman–Crippen MR) is 102 cm³/mol.